The van der Waals surface area contributed by atoms with E-state index in [1.807, 2.05) is 0 Å². The number of nitriles is 1. The topological polar surface area (TPSA) is 54.8 Å². The van der Waals surface area contributed by atoms with Gasteiger partial charge in [-0.05, 0) is 56.9 Å². The minimum Gasteiger partial charge on any atom is -0.361 e. The van der Waals surface area contributed by atoms with E-state index in [4.69, 9.17) is 19.5 Å². The van der Waals surface area contributed by atoms with E-state index in [-0.39, 0.29) is 18.0 Å². The van der Waals surface area contributed by atoms with Gasteiger partial charge in [0.25, 0.3) is 0 Å². The molecule has 3 rings (SSSR count). The van der Waals surface area contributed by atoms with Crippen molar-refractivity contribution in [3.05, 3.63) is 11.6 Å². The Kier molecular flexibility index (Phi) is 6.10. The van der Waals surface area contributed by atoms with E-state index in [1.165, 1.54) is 50.5 Å². The lowest BCUT2D eigenvalue weighted by molar-refractivity contribution is -0.162. The van der Waals surface area contributed by atoms with Gasteiger partial charge in [-0.15, -0.1) is 0 Å². The summed E-state index contributed by atoms with van der Waals surface area (Å²) in [6.07, 6.45) is 14.8. The fourth-order valence-electron chi connectivity index (χ4n) is 4.01. The third kappa shape index (κ3) is 4.56. The highest BCUT2D eigenvalue weighted by molar-refractivity contribution is 5.30. The number of unbranched alkanes of at least 4 members (excludes halogenated alkanes) is 3. The number of allylic oxidation sites excluding steroid dienone is 1. The van der Waals surface area contributed by atoms with Crippen LogP contribution in [0.3, 0.4) is 0 Å². The summed E-state index contributed by atoms with van der Waals surface area (Å²) >= 11 is 0. The molecule has 0 aromatic carbocycles. The summed E-state index contributed by atoms with van der Waals surface area (Å²) in [5.41, 5.74) is 1.31. The molecule has 4 heteroatoms. The molecular weight excluding hydrogens is 290 g/mol. The summed E-state index contributed by atoms with van der Waals surface area (Å²) < 4.78 is 17.3. The van der Waals surface area contributed by atoms with Crippen molar-refractivity contribution < 1.29 is 14.2 Å². The van der Waals surface area contributed by atoms with Gasteiger partial charge in [-0.25, -0.2) is 0 Å². The molecule has 3 fully saturated rings. The first-order chi connectivity index (χ1) is 11.3. The van der Waals surface area contributed by atoms with Crippen LogP contribution in [-0.2, 0) is 14.2 Å². The summed E-state index contributed by atoms with van der Waals surface area (Å²) in [5.74, 6) is 0. The lowest BCUT2D eigenvalue weighted by Crippen LogP contribution is -2.22. The monoisotopic (exact) mass is 319 g/mol. The van der Waals surface area contributed by atoms with E-state index in [9.17, 15) is 0 Å². The maximum absolute atomic E-state index is 8.83. The summed E-state index contributed by atoms with van der Waals surface area (Å²) in [7, 11) is 0. The number of ether oxygens (including phenoxy) is 3. The van der Waals surface area contributed by atoms with Gasteiger partial charge >= 0.3 is 0 Å². The van der Waals surface area contributed by atoms with Crippen LogP contribution >= 0.6 is 0 Å². The second-order valence-electron chi connectivity index (χ2n) is 7.10. The number of epoxide rings is 1. The van der Waals surface area contributed by atoms with Gasteiger partial charge in [-0.3, -0.25) is 0 Å². The molecule has 0 radical (unpaired) electrons. The average molecular weight is 319 g/mol. The van der Waals surface area contributed by atoms with Crippen molar-refractivity contribution in [2.45, 2.75) is 88.6 Å². The molecule has 128 valence electrons. The van der Waals surface area contributed by atoms with Gasteiger partial charge in [0.15, 0.2) is 6.29 Å². The van der Waals surface area contributed by atoms with Crippen LogP contribution in [0.4, 0.5) is 0 Å². The fraction of sp³-hybridized carbons (Fsp3) is 0.842. The van der Waals surface area contributed by atoms with Crippen molar-refractivity contribution >= 4 is 0 Å². The van der Waals surface area contributed by atoms with E-state index >= 15 is 0 Å². The molecule has 2 saturated heterocycles. The van der Waals surface area contributed by atoms with Gasteiger partial charge < -0.3 is 14.2 Å². The van der Waals surface area contributed by atoms with E-state index in [0.717, 1.165) is 38.9 Å². The molecule has 1 aliphatic carbocycles. The Labute approximate surface area is 139 Å². The number of hydrogen-bond donors (Lipinski definition) is 0. The SMILES string of the molecule is N#C/C=C1\CCCC2(CCCCCCOC3CCCCO3)OC12. The Bertz CT molecular complexity index is 450. The van der Waals surface area contributed by atoms with Gasteiger partial charge in [0.2, 0.25) is 0 Å². The fourth-order valence-corrected chi connectivity index (χ4v) is 4.01. The largest absolute Gasteiger partial charge is 0.361 e. The summed E-state index contributed by atoms with van der Waals surface area (Å²) in [4.78, 5) is 0. The average Bonchev–Trinajstić information content (AvgIpc) is 3.31. The smallest absolute Gasteiger partial charge is 0.157 e. The molecule has 0 spiro atoms. The van der Waals surface area contributed by atoms with Crippen LogP contribution < -0.4 is 0 Å². The van der Waals surface area contributed by atoms with Crippen LogP contribution in [0.25, 0.3) is 0 Å². The molecular formula is C19H29NO3. The standard InChI is InChI=1S/C19H29NO3/c20-13-10-16-8-7-12-19(18(16)23-19)11-4-1-2-5-14-21-17-9-3-6-15-22-17/h10,17-18H,1-9,11-12,14-15H2/b16-10+. The molecule has 0 N–H and O–H groups in total. The molecule has 1 saturated carbocycles. The maximum atomic E-state index is 8.83. The molecule has 2 aliphatic heterocycles. The van der Waals surface area contributed by atoms with E-state index in [2.05, 4.69) is 6.07 Å². The van der Waals surface area contributed by atoms with Crippen LogP contribution in [0, 0.1) is 11.3 Å². The van der Waals surface area contributed by atoms with E-state index < -0.39 is 0 Å². The van der Waals surface area contributed by atoms with Gasteiger partial charge in [0.05, 0.1) is 11.7 Å². The maximum Gasteiger partial charge on any atom is 0.157 e. The lowest BCUT2D eigenvalue weighted by Gasteiger charge is -2.22. The Balaban J connectivity index is 1.24. The van der Waals surface area contributed by atoms with Crippen LogP contribution in [0.5, 0.6) is 0 Å². The van der Waals surface area contributed by atoms with Crippen LogP contribution in [0.2, 0.25) is 0 Å². The molecule has 4 nitrogen and oxygen atoms in total. The molecule has 3 unspecified atom stereocenters. The highest BCUT2D eigenvalue weighted by atomic mass is 16.7. The van der Waals surface area contributed by atoms with E-state index in [0.29, 0.717) is 0 Å². The number of nitrogens with zero attached hydrogens (tertiary/aromatic N) is 1. The van der Waals surface area contributed by atoms with Crippen molar-refractivity contribution in [2.24, 2.45) is 0 Å². The second-order valence-corrected chi connectivity index (χ2v) is 7.10. The molecule has 3 aliphatic rings. The van der Waals surface area contributed by atoms with Gasteiger partial charge in [-0.2, -0.15) is 5.26 Å². The summed E-state index contributed by atoms with van der Waals surface area (Å²) in [5, 5.41) is 8.83. The minimum absolute atomic E-state index is 0.0517. The Morgan fingerprint density at radius 2 is 2.13 bits per heavy atom. The third-order valence-electron chi connectivity index (χ3n) is 5.36. The second kappa shape index (κ2) is 8.28. The zero-order valence-electron chi connectivity index (χ0n) is 14.1. The van der Waals surface area contributed by atoms with Gasteiger partial charge in [0, 0.05) is 19.3 Å². The predicted molar refractivity (Wildman–Crippen MR) is 87.8 cm³/mol. The zero-order chi connectivity index (χ0) is 16.0. The Morgan fingerprint density at radius 3 is 2.96 bits per heavy atom. The van der Waals surface area contributed by atoms with E-state index in [1.54, 1.807) is 6.08 Å². The Morgan fingerprint density at radius 1 is 1.22 bits per heavy atom. The summed E-state index contributed by atoms with van der Waals surface area (Å²) in [6, 6.07) is 2.16. The number of fused-ring (bicyclic) bond motifs is 1. The predicted octanol–water partition coefficient (Wildman–Crippen LogP) is 4.25. The number of rotatable bonds is 8. The first-order valence-corrected chi connectivity index (χ1v) is 9.34. The molecule has 0 amide bonds. The van der Waals surface area contributed by atoms with Crippen molar-refractivity contribution in [3.8, 4) is 6.07 Å². The molecule has 0 aromatic heterocycles. The molecule has 23 heavy (non-hydrogen) atoms. The van der Waals surface area contributed by atoms with Crippen molar-refractivity contribution in [3.63, 3.8) is 0 Å². The Hall–Kier alpha value is -0.890. The van der Waals surface area contributed by atoms with Crippen LogP contribution in [0.15, 0.2) is 11.6 Å². The molecule has 0 aromatic rings. The lowest BCUT2D eigenvalue weighted by atomic mass is 9.82. The molecule has 3 atom stereocenters. The van der Waals surface area contributed by atoms with Crippen molar-refractivity contribution in [2.75, 3.05) is 13.2 Å². The first-order valence-electron chi connectivity index (χ1n) is 9.34. The molecule has 2 heterocycles. The van der Waals surface area contributed by atoms with Crippen molar-refractivity contribution in [1.29, 1.82) is 5.26 Å². The summed E-state index contributed by atoms with van der Waals surface area (Å²) in [6.45, 7) is 1.68. The highest BCUT2D eigenvalue weighted by Gasteiger charge is 2.58. The molecule has 0 bridgehead atoms. The third-order valence-corrected chi connectivity index (χ3v) is 5.36. The number of hydrogen-bond acceptors (Lipinski definition) is 4. The van der Waals surface area contributed by atoms with Gasteiger partial charge in [0.1, 0.15) is 6.10 Å². The van der Waals surface area contributed by atoms with Gasteiger partial charge in [-0.1, -0.05) is 19.3 Å². The highest BCUT2D eigenvalue weighted by Crippen LogP contribution is 2.53. The van der Waals surface area contributed by atoms with Crippen molar-refractivity contribution in [1.82, 2.24) is 0 Å². The normalized spacial score (nSPS) is 34.8. The quantitative estimate of drug-likeness (QED) is 0.381. The van der Waals surface area contributed by atoms with Crippen LogP contribution in [0.1, 0.15) is 70.6 Å². The minimum atomic E-state index is 0.0517. The zero-order valence-corrected chi connectivity index (χ0v) is 14.1. The van der Waals surface area contributed by atoms with Crippen LogP contribution in [-0.4, -0.2) is 31.2 Å². The first kappa shape index (κ1) is 17.0.